The van der Waals surface area contributed by atoms with E-state index in [0.29, 0.717) is 6.54 Å². The molecule has 1 heterocycles. The molecule has 0 unspecified atom stereocenters. The van der Waals surface area contributed by atoms with Gasteiger partial charge in [-0.3, -0.25) is 19.5 Å². The monoisotopic (exact) mass is 485 g/mol. The predicted molar refractivity (Wildman–Crippen MR) is 140 cm³/mol. The van der Waals surface area contributed by atoms with Gasteiger partial charge in [-0.25, -0.2) is 4.68 Å². The number of anilines is 3. The van der Waals surface area contributed by atoms with Gasteiger partial charge < -0.3 is 20.6 Å². The number of aromatic hydroxyl groups is 1. The molecule has 9 nitrogen and oxygen atoms in total. The zero-order valence-corrected chi connectivity index (χ0v) is 20.0. The van der Waals surface area contributed by atoms with Crippen molar-refractivity contribution in [1.82, 2.24) is 14.7 Å². The van der Waals surface area contributed by atoms with Crippen LogP contribution in [0, 0.1) is 0 Å². The molecule has 0 bridgehead atoms. The lowest BCUT2D eigenvalue weighted by Crippen LogP contribution is -2.34. The Kier molecular flexibility index (Phi) is 7.20. The number of aromatic nitrogens is 2. The number of carbonyl (C=O) groups excluding carboxylic acids is 1. The van der Waals surface area contributed by atoms with Crippen molar-refractivity contribution in [3.63, 3.8) is 0 Å². The number of aromatic amines is 1. The number of benzene rings is 3. The number of carbonyl (C=O) groups is 1. The number of hydrogen-bond acceptors (Lipinski definition) is 6. The maximum atomic E-state index is 13.5. The summed E-state index contributed by atoms with van der Waals surface area (Å²) >= 11 is 0. The first-order valence-electron chi connectivity index (χ1n) is 11.3. The van der Waals surface area contributed by atoms with Crippen molar-refractivity contribution in [2.24, 2.45) is 0 Å². The molecule has 3 aromatic carbocycles. The van der Waals surface area contributed by atoms with Crippen LogP contribution >= 0.6 is 0 Å². The van der Waals surface area contributed by atoms with Gasteiger partial charge in [0.1, 0.15) is 11.4 Å². The maximum absolute atomic E-state index is 13.5. The number of nitrogens with zero attached hydrogens (tertiary/aromatic N) is 2. The fourth-order valence-corrected chi connectivity index (χ4v) is 3.73. The fourth-order valence-electron chi connectivity index (χ4n) is 3.73. The first-order valence-corrected chi connectivity index (χ1v) is 11.3. The average Bonchev–Trinajstić information content (AvgIpc) is 2.88. The highest BCUT2D eigenvalue weighted by molar-refractivity contribution is 5.98. The largest absolute Gasteiger partial charge is 0.505 e. The number of amides is 1. The van der Waals surface area contributed by atoms with Gasteiger partial charge in [0.15, 0.2) is 5.75 Å². The number of phenolic OH excluding ortho intramolecular Hbond substituents is 1. The normalized spacial score (nSPS) is 10.6. The lowest BCUT2D eigenvalue weighted by Gasteiger charge is -2.18. The van der Waals surface area contributed by atoms with E-state index in [1.807, 2.05) is 60.7 Å². The Bertz CT molecular complexity index is 1480. The number of nitrogens with one attached hydrogen (secondary N) is 3. The predicted octanol–water partition coefficient (Wildman–Crippen LogP) is 3.35. The highest BCUT2D eigenvalue weighted by Crippen LogP contribution is 2.31. The second-order valence-corrected chi connectivity index (χ2v) is 8.43. The molecule has 4 N–H and O–H groups in total. The molecule has 36 heavy (non-hydrogen) atoms. The molecule has 184 valence electrons. The van der Waals surface area contributed by atoms with E-state index in [4.69, 9.17) is 0 Å². The summed E-state index contributed by atoms with van der Waals surface area (Å²) in [5, 5.41) is 19.4. The van der Waals surface area contributed by atoms with E-state index in [-0.39, 0.29) is 34.9 Å². The number of para-hydroxylation sites is 1. The quantitative estimate of drug-likeness (QED) is 0.284. The van der Waals surface area contributed by atoms with Crippen molar-refractivity contribution in [2.45, 2.75) is 13.1 Å². The summed E-state index contributed by atoms with van der Waals surface area (Å²) in [6, 6.07) is 23.3. The molecular weight excluding hydrogens is 458 g/mol. The second kappa shape index (κ2) is 10.6. The van der Waals surface area contributed by atoms with Gasteiger partial charge in [-0.05, 0) is 23.3 Å². The molecule has 0 saturated carbocycles. The van der Waals surface area contributed by atoms with E-state index in [1.165, 1.54) is 21.7 Å². The Morgan fingerprint density at radius 3 is 2.17 bits per heavy atom. The fraction of sp³-hybridized carbons (Fsp3) is 0.148. The molecule has 0 saturated heterocycles. The zero-order chi connectivity index (χ0) is 25.7. The molecule has 0 radical (unpaired) electrons. The molecule has 1 aromatic heterocycles. The van der Waals surface area contributed by atoms with Crippen molar-refractivity contribution < 1.29 is 9.90 Å². The Labute approximate surface area is 207 Å². The van der Waals surface area contributed by atoms with Gasteiger partial charge in [-0.2, -0.15) is 0 Å². The summed E-state index contributed by atoms with van der Waals surface area (Å²) in [6.07, 6.45) is 0. The molecule has 0 spiro atoms. The molecule has 0 aliphatic rings. The van der Waals surface area contributed by atoms with Gasteiger partial charge in [-0.1, -0.05) is 66.7 Å². The Balaban J connectivity index is 1.78. The van der Waals surface area contributed by atoms with Gasteiger partial charge in [0.2, 0.25) is 0 Å². The average molecular weight is 486 g/mol. The molecule has 0 aliphatic heterocycles. The van der Waals surface area contributed by atoms with Crippen LogP contribution in [-0.2, 0) is 13.1 Å². The van der Waals surface area contributed by atoms with Gasteiger partial charge in [0.25, 0.3) is 17.0 Å². The number of phenols is 1. The standard InChI is InChI=1S/C27H27N5O4/c1-31(2)26(35)20-14-9-15-21(24(20)33)29-23-22(28-16-18-10-5-3-6-11-18)25(34)30-32(27(23)36)17-19-12-7-4-8-13-19/h3-15,28-29,33H,16-17H2,1-2H3,(H,30,34). The molecular formula is C27H27N5O4. The number of H-pyrrole nitrogens is 1. The molecule has 1 amide bonds. The van der Waals surface area contributed by atoms with E-state index in [0.717, 1.165) is 11.1 Å². The van der Waals surface area contributed by atoms with Gasteiger partial charge >= 0.3 is 0 Å². The van der Waals surface area contributed by atoms with Crippen LogP contribution < -0.4 is 21.8 Å². The maximum Gasteiger partial charge on any atom is 0.291 e. The smallest absolute Gasteiger partial charge is 0.291 e. The third-order valence-electron chi connectivity index (χ3n) is 5.60. The van der Waals surface area contributed by atoms with Gasteiger partial charge in [0.05, 0.1) is 17.8 Å². The highest BCUT2D eigenvalue weighted by atomic mass is 16.3. The SMILES string of the molecule is CN(C)C(=O)c1cccc(Nc2c(NCc3ccccc3)c(=O)[nH]n(Cc3ccccc3)c2=O)c1O. The Hall–Kier alpha value is -4.79. The van der Waals surface area contributed by atoms with Crippen molar-refractivity contribution >= 4 is 23.0 Å². The molecule has 0 fully saturated rings. The minimum atomic E-state index is -0.510. The molecule has 0 atom stereocenters. The van der Waals surface area contributed by atoms with Crippen LogP contribution in [0.5, 0.6) is 5.75 Å². The first-order chi connectivity index (χ1) is 17.3. The Morgan fingerprint density at radius 1 is 0.889 bits per heavy atom. The van der Waals surface area contributed by atoms with Crippen molar-refractivity contribution in [3.05, 3.63) is 116 Å². The summed E-state index contributed by atoms with van der Waals surface area (Å²) < 4.78 is 1.21. The molecule has 0 aliphatic carbocycles. The second-order valence-electron chi connectivity index (χ2n) is 8.43. The van der Waals surface area contributed by atoms with Crippen LogP contribution in [-0.4, -0.2) is 39.8 Å². The molecule has 4 aromatic rings. The van der Waals surface area contributed by atoms with Crippen molar-refractivity contribution in [3.8, 4) is 5.75 Å². The van der Waals surface area contributed by atoms with Crippen LogP contribution in [0.1, 0.15) is 21.5 Å². The number of hydrogen-bond donors (Lipinski definition) is 4. The highest BCUT2D eigenvalue weighted by Gasteiger charge is 2.20. The van der Waals surface area contributed by atoms with Crippen LogP contribution in [0.3, 0.4) is 0 Å². The van der Waals surface area contributed by atoms with Gasteiger partial charge in [-0.15, -0.1) is 0 Å². The summed E-state index contributed by atoms with van der Waals surface area (Å²) in [5.41, 5.74) is 0.900. The minimum Gasteiger partial charge on any atom is -0.505 e. The van der Waals surface area contributed by atoms with E-state index < -0.39 is 17.0 Å². The Morgan fingerprint density at radius 2 is 1.53 bits per heavy atom. The summed E-state index contributed by atoms with van der Waals surface area (Å²) in [4.78, 5) is 40.5. The van der Waals surface area contributed by atoms with E-state index in [1.54, 1.807) is 20.2 Å². The lowest BCUT2D eigenvalue weighted by molar-refractivity contribution is 0.0824. The third-order valence-corrected chi connectivity index (χ3v) is 5.60. The number of rotatable bonds is 8. The van der Waals surface area contributed by atoms with E-state index in [9.17, 15) is 19.5 Å². The summed E-state index contributed by atoms with van der Waals surface area (Å²) in [5.74, 6) is -0.717. The summed E-state index contributed by atoms with van der Waals surface area (Å²) in [7, 11) is 3.15. The van der Waals surface area contributed by atoms with Crippen molar-refractivity contribution in [2.75, 3.05) is 24.7 Å². The molecule has 4 rings (SSSR count). The van der Waals surface area contributed by atoms with E-state index in [2.05, 4.69) is 15.7 Å². The van der Waals surface area contributed by atoms with Crippen LogP contribution in [0.25, 0.3) is 0 Å². The third kappa shape index (κ3) is 5.30. The van der Waals surface area contributed by atoms with Crippen molar-refractivity contribution in [1.29, 1.82) is 0 Å². The lowest BCUT2D eigenvalue weighted by atomic mass is 10.1. The topological polar surface area (TPSA) is 119 Å². The minimum absolute atomic E-state index is 0.0249. The first kappa shape index (κ1) is 24.3. The molecule has 9 heteroatoms. The van der Waals surface area contributed by atoms with E-state index >= 15 is 0 Å². The van der Waals surface area contributed by atoms with Crippen LogP contribution in [0.15, 0.2) is 88.5 Å². The van der Waals surface area contributed by atoms with Gasteiger partial charge in [0, 0.05) is 20.6 Å². The summed E-state index contributed by atoms with van der Waals surface area (Å²) in [6.45, 7) is 0.444. The van der Waals surface area contributed by atoms with Crippen LogP contribution in [0.2, 0.25) is 0 Å². The van der Waals surface area contributed by atoms with Crippen LogP contribution in [0.4, 0.5) is 17.1 Å². The zero-order valence-electron chi connectivity index (χ0n) is 20.0.